The van der Waals surface area contributed by atoms with Gasteiger partial charge in [-0.15, -0.1) is 0 Å². The maximum Gasteiger partial charge on any atom is 2.00 e. The van der Waals surface area contributed by atoms with Gasteiger partial charge in [-0.2, -0.15) is 0 Å². The summed E-state index contributed by atoms with van der Waals surface area (Å²) in [6.45, 7) is 0. The van der Waals surface area contributed by atoms with Crippen LogP contribution >= 0.6 is 0 Å². The van der Waals surface area contributed by atoms with E-state index in [1.54, 1.807) is 0 Å². The van der Waals surface area contributed by atoms with Gasteiger partial charge >= 0.3 is 21.1 Å². The van der Waals surface area contributed by atoms with Crippen molar-refractivity contribution in [2.75, 3.05) is 0 Å². The van der Waals surface area contributed by atoms with Gasteiger partial charge in [0.15, 0.2) is 0 Å². The molecule has 0 amide bonds. The molecule has 98 valence electrons. The molecule has 2 atom stereocenters. The Hall–Kier alpha value is -0.712. The van der Waals surface area contributed by atoms with E-state index >= 15 is 0 Å². The fourth-order valence-corrected chi connectivity index (χ4v) is 1.54. The summed E-state index contributed by atoms with van der Waals surface area (Å²) < 4.78 is 0. The molecule has 1 aliphatic carbocycles. The second-order valence-corrected chi connectivity index (χ2v) is 3.93. The first-order valence-electron chi connectivity index (χ1n) is 5.13. The van der Waals surface area contributed by atoms with Crippen molar-refractivity contribution >= 4 is 0 Å². The summed E-state index contributed by atoms with van der Waals surface area (Å²) in [4.78, 5) is 19.7. The van der Waals surface area contributed by atoms with Crippen LogP contribution in [0.1, 0.15) is 25.7 Å². The smallest absolute Gasteiger partial charge is 0.870 e. The molecule has 0 spiro atoms. The average molecular weight is 421 g/mol. The van der Waals surface area contributed by atoms with Crippen LogP contribution in [0.25, 0.3) is 0 Å². The molecule has 0 bridgehead atoms. The molecule has 4 N–H and O–H groups in total. The zero-order chi connectivity index (χ0) is 12.3. The topological polar surface area (TPSA) is 132 Å². The van der Waals surface area contributed by atoms with Crippen molar-refractivity contribution in [1.29, 1.82) is 0 Å². The van der Waals surface area contributed by atoms with Crippen molar-refractivity contribution in [1.82, 2.24) is 0 Å². The summed E-state index contributed by atoms with van der Waals surface area (Å²) in [6, 6.07) is 0.562. The molecule has 1 aromatic carbocycles. The van der Waals surface area contributed by atoms with E-state index in [2.05, 4.69) is 0 Å². The summed E-state index contributed by atoms with van der Waals surface area (Å²) in [6.07, 6.45) is 4.80. The Kier molecular flexibility index (Phi) is 6.60. The molecule has 6 nitrogen and oxygen atoms in total. The van der Waals surface area contributed by atoms with E-state index in [9.17, 15) is 19.8 Å². The molecular formula is C10H14N2O4Pt. The molecule has 1 fully saturated rings. The van der Waals surface area contributed by atoms with E-state index < -0.39 is 22.4 Å². The van der Waals surface area contributed by atoms with E-state index in [0.717, 1.165) is 12.8 Å². The van der Waals surface area contributed by atoms with Crippen LogP contribution in [0.4, 0.5) is 0 Å². The van der Waals surface area contributed by atoms with E-state index in [1.807, 2.05) is 0 Å². The molecule has 2 unspecified atom stereocenters. The van der Waals surface area contributed by atoms with Crippen LogP contribution in [-0.2, 0) is 21.1 Å². The first-order valence-corrected chi connectivity index (χ1v) is 5.13. The molecular weight excluding hydrogens is 407 g/mol. The molecule has 7 heteroatoms. The van der Waals surface area contributed by atoms with Gasteiger partial charge in [0, 0.05) is 12.1 Å². The van der Waals surface area contributed by atoms with Gasteiger partial charge in [0.05, 0.1) is 0 Å². The standard InChI is InChI=1S/C6H14N2.C4H2O4.Pt/c7-5-3-1-2-4-6(5)8;5-1-2(6)4(8)3(1)7;/h5-6H,1-4,7-8H2;5-6H;/q;;+2/p-2. The maximum absolute atomic E-state index is 9.85. The quantitative estimate of drug-likeness (QED) is 0.451. The number of nitrogens with two attached hydrogens (primary N) is 2. The summed E-state index contributed by atoms with van der Waals surface area (Å²) in [5.41, 5.74) is 8.94. The van der Waals surface area contributed by atoms with E-state index in [-0.39, 0.29) is 33.1 Å². The van der Waals surface area contributed by atoms with E-state index in [0.29, 0.717) is 0 Å². The van der Waals surface area contributed by atoms with Crippen molar-refractivity contribution in [3.63, 3.8) is 0 Å². The first kappa shape index (κ1) is 16.3. The average Bonchev–Trinajstić information content (AvgIpc) is 2.31. The number of hydrogen-bond donors (Lipinski definition) is 2. The largest absolute Gasteiger partial charge is 2.00 e. The summed E-state index contributed by atoms with van der Waals surface area (Å²) >= 11 is 0. The zero-order valence-electron chi connectivity index (χ0n) is 9.09. The minimum atomic E-state index is -1.19. The van der Waals surface area contributed by atoms with Crippen molar-refractivity contribution < 1.29 is 31.3 Å². The minimum absolute atomic E-state index is 0. The summed E-state index contributed by atoms with van der Waals surface area (Å²) in [5, 5.41) is 19.7. The van der Waals surface area contributed by atoms with Crippen LogP contribution in [0, 0.1) is 0 Å². The number of hydrogen-bond acceptors (Lipinski definition) is 6. The normalized spacial score (nSPS) is 23.4. The predicted molar refractivity (Wildman–Crippen MR) is 54.7 cm³/mol. The molecule has 0 aromatic heterocycles. The van der Waals surface area contributed by atoms with Crippen LogP contribution in [0.3, 0.4) is 0 Å². The minimum Gasteiger partial charge on any atom is -0.870 e. The summed E-state index contributed by atoms with van der Waals surface area (Å²) in [7, 11) is 0. The Bertz CT molecular complexity index is 388. The van der Waals surface area contributed by atoms with Crippen LogP contribution in [0.2, 0.25) is 0 Å². The van der Waals surface area contributed by atoms with Gasteiger partial charge in [-0.05, 0) is 12.8 Å². The SMILES string of the molecule is NC1CCCCC1N.O=c1c([O-])c([O-])c1=O.[Pt+2]. The third kappa shape index (κ3) is 3.91. The molecule has 1 aliphatic rings. The number of rotatable bonds is 0. The van der Waals surface area contributed by atoms with Gasteiger partial charge in [0.1, 0.15) is 0 Å². The van der Waals surface area contributed by atoms with Gasteiger partial charge < -0.3 is 21.7 Å². The first-order chi connectivity index (χ1) is 7.45. The molecule has 0 saturated heterocycles. The van der Waals surface area contributed by atoms with Gasteiger partial charge in [0.25, 0.3) is 0 Å². The van der Waals surface area contributed by atoms with Crippen molar-refractivity contribution in [3.05, 3.63) is 20.4 Å². The maximum atomic E-state index is 9.85. The van der Waals surface area contributed by atoms with Crippen LogP contribution in [0.15, 0.2) is 9.59 Å². The summed E-state index contributed by atoms with van der Waals surface area (Å²) in [5.74, 6) is -2.37. The fraction of sp³-hybridized carbons (Fsp3) is 0.600. The molecule has 0 aliphatic heterocycles. The van der Waals surface area contributed by atoms with Gasteiger partial charge in [-0.3, -0.25) is 9.59 Å². The molecule has 0 radical (unpaired) electrons. The van der Waals surface area contributed by atoms with E-state index in [1.165, 1.54) is 12.8 Å². The van der Waals surface area contributed by atoms with Gasteiger partial charge in [0.2, 0.25) is 10.9 Å². The van der Waals surface area contributed by atoms with Crippen LogP contribution in [0.5, 0.6) is 11.5 Å². The molecule has 1 aromatic rings. The van der Waals surface area contributed by atoms with Crippen molar-refractivity contribution in [2.45, 2.75) is 37.8 Å². The molecule has 1 saturated carbocycles. The third-order valence-electron chi connectivity index (χ3n) is 2.70. The van der Waals surface area contributed by atoms with Gasteiger partial charge in [-0.1, -0.05) is 24.3 Å². The van der Waals surface area contributed by atoms with Crippen LogP contribution < -0.4 is 32.5 Å². The molecule has 17 heavy (non-hydrogen) atoms. The Morgan fingerprint density at radius 1 is 0.882 bits per heavy atom. The Balaban J connectivity index is 0.000000284. The molecule has 0 heterocycles. The van der Waals surface area contributed by atoms with Crippen LogP contribution in [-0.4, -0.2) is 12.1 Å². The predicted octanol–water partition coefficient (Wildman–Crippen LogP) is -2.36. The van der Waals surface area contributed by atoms with Crippen molar-refractivity contribution in [2.24, 2.45) is 11.5 Å². The monoisotopic (exact) mass is 421 g/mol. The van der Waals surface area contributed by atoms with Crippen molar-refractivity contribution in [3.8, 4) is 11.5 Å². The zero-order valence-corrected chi connectivity index (χ0v) is 11.4. The second kappa shape index (κ2) is 6.89. The fourth-order valence-electron chi connectivity index (χ4n) is 1.54. The Labute approximate surface area is 113 Å². The Morgan fingerprint density at radius 3 is 1.35 bits per heavy atom. The second-order valence-electron chi connectivity index (χ2n) is 3.93. The third-order valence-corrected chi connectivity index (χ3v) is 2.70. The molecule has 2 rings (SSSR count). The van der Waals surface area contributed by atoms with Gasteiger partial charge in [-0.25, -0.2) is 0 Å². The van der Waals surface area contributed by atoms with E-state index in [4.69, 9.17) is 11.5 Å². The Morgan fingerprint density at radius 2 is 1.18 bits per heavy atom.